The second-order valence-corrected chi connectivity index (χ2v) is 7.33. The molecule has 0 unspecified atom stereocenters. The molecule has 7 nitrogen and oxygen atoms in total. The summed E-state index contributed by atoms with van der Waals surface area (Å²) >= 11 is 0. The average molecular weight is 412 g/mol. The van der Waals surface area contributed by atoms with Crippen LogP contribution >= 0.6 is 0 Å². The fraction of sp³-hybridized carbons (Fsp3) is 0.391. The first kappa shape index (κ1) is 21.5. The normalized spacial score (nSPS) is 16.0. The van der Waals surface area contributed by atoms with Crippen LogP contribution in [0.2, 0.25) is 0 Å². The number of ketones is 1. The number of anilines is 1. The maximum Gasteiger partial charge on any atom is 0.321 e. The van der Waals surface area contributed by atoms with E-state index in [1.54, 1.807) is 49.5 Å². The third-order valence-electron chi connectivity index (χ3n) is 5.43. The maximum absolute atomic E-state index is 13.1. The van der Waals surface area contributed by atoms with Crippen LogP contribution in [-0.4, -0.2) is 51.1 Å². The van der Waals surface area contributed by atoms with Crippen molar-refractivity contribution in [3.8, 4) is 17.2 Å². The molecule has 0 radical (unpaired) electrons. The van der Waals surface area contributed by atoms with Crippen molar-refractivity contribution in [3.05, 3.63) is 47.5 Å². The molecular weight excluding hydrogens is 384 g/mol. The van der Waals surface area contributed by atoms with Crippen LogP contribution in [0.4, 0.5) is 10.5 Å². The van der Waals surface area contributed by atoms with E-state index in [-0.39, 0.29) is 17.7 Å². The molecule has 1 aliphatic rings. The number of aryl methyl sites for hydroxylation is 1. The lowest BCUT2D eigenvalue weighted by Crippen LogP contribution is -2.44. The number of urea groups is 1. The number of hydrogen-bond acceptors (Lipinski definition) is 5. The number of carbonyl (C=O) groups is 2. The minimum Gasteiger partial charge on any atom is -0.497 e. The molecule has 1 atom stereocenters. The van der Waals surface area contributed by atoms with Crippen LogP contribution in [0.1, 0.15) is 28.8 Å². The van der Waals surface area contributed by atoms with E-state index in [2.05, 4.69) is 5.32 Å². The molecule has 1 N–H and O–H groups in total. The van der Waals surface area contributed by atoms with E-state index in [1.807, 2.05) is 13.0 Å². The summed E-state index contributed by atoms with van der Waals surface area (Å²) in [7, 11) is 4.71. The highest BCUT2D eigenvalue weighted by Gasteiger charge is 2.30. The van der Waals surface area contributed by atoms with Crippen LogP contribution in [0, 0.1) is 12.8 Å². The number of carbonyl (C=O) groups excluding carboxylic acids is 2. The monoisotopic (exact) mass is 412 g/mol. The number of rotatable bonds is 6. The Balaban J connectivity index is 1.70. The van der Waals surface area contributed by atoms with Gasteiger partial charge in [0.15, 0.2) is 5.78 Å². The molecule has 1 heterocycles. The smallest absolute Gasteiger partial charge is 0.321 e. The zero-order valence-corrected chi connectivity index (χ0v) is 17.9. The van der Waals surface area contributed by atoms with Gasteiger partial charge >= 0.3 is 6.03 Å². The highest BCUT2D eigenvalue weighted by molar-refractivity contribution is 6.00. The van der Waals surface area contributed by atoms with Crippen LogP contribution < -0.4 is 19.5 Å². The third kappa shape index (κ3) is 4.67. The van der Waals surface area contributed by atoms with Crippen LogP contribution in [-0.2, 0) is 0 Å². The molecule has 2 aromatic rings. The lowest BCUT2D eigenvalue weighted by atomic mass is 9.88. The summed E-state index contributed by atoms with van der Waals surface area (Å²) in [6.45, 7) is 2.89. The minimum atomic E-state index is -0.248. The van der Waals surface area contributed by atoms with Gasteiger partial charge in [-0.2, -0.15) is 0 Å². The third-order valence-corrected chi connectivity index (χ3v) is 5.43. The fourth-order valence-electron chi connectivity index (χ4n) is 3.73. The van der Waals surface area contributed by atoms with Gasteiger partial charge in [0.25, 0.3) is 0 Å². The van der Waals surface area contributed by atoms with Crippen LogP contribution in [0.25, 0.3) is 0 Å². The van der Waals surface area contributed by atoms with E-state index in [4.69, 9.17) is 14.2 Å². The molecule has 0 bridgehead atoms. The molecule has 1 fully saturated rings. The molecule has 0 saturated carbocycles. The van der Waals surface area contributed by atoms with Crippen molar-refractivity contribution in [2.45, 2.75) is 19.8 Å². The van der Waals surface area contributed by atoms with Gasteiger partial charge < -0.3 is 24.4 Å². The van der Waals surface area contributed by atoms with Gasteiger partial charge in [-0.3, -0.25) is 4.79 Å². The largest absolute Gasteiger partial charge is 0.497 e. The standard InChI is InChI=1S/C23H28N2O5/c1-15-12-17(28-2)7-9-19(15)22(26)16-6-5-11-25(14-16)23(27)24-20-10-8-18(29-3)13-21(20)30-4/h7-10,12-13,16H,5-6,11,14H2,1-4H3,(H,24,27)/t16-/m0/s1. The number of benzene rings is 2. The molecule has 2 amide bonds. The van der Waals surface area contributed by atoms with Crippen LogP contribution in [0.5, 0.6) is 17.2 Å². The van der Waals surface area contributed by atoms with Gasteiger partial charge in [-0.05, 0) is 55.7 Å². The number of Topliss-reactive ketones (excluding diaryl/α,β-unsaturated/α-hetero) is 1. The van der Waals surface area contributed by atoms with Crippen molar-refractivity contribution in [2.75, 3.05) is 39.7 Å². The molecule has 1 aliphatic heterocycles. The highest BCUT2D eigenvalue weighted by Crippen LogP contribution is 2.30. The van der Waals surface area contributed by atoms with Gasteiger partial charge in [-0.1, -0.05) is 0 Å². The summed E-state index contributed by atoms with van der Waals surface area (Å²) in [5.41, 5.74) is 2.12. The Morgan fingerprint density at radius 2 is 1.70 bits per heavy atom. The first-order valence-electron chi connectivity index (χ1n) is 9.93. The second-order valence-electron chi connectivity index (χ2n) is 7.33. The van der Waals surface area contributed by atoms with E-state index < -0.39 is 0 Å². The Hall–Kier alpha value is -3.22. The molecule has 2 aromatic carbocycles. The second kappa shape index (κ2) is 9.52. The summed E-state index contributed by atoms with van der Waals surface area (Å²) in [6.07, 6.45) is 1.54. The van der Waals surface area contributed by atoms with Crippen LogP contribution in [0.3, 0.4) is 0 Å². The fourth-order valence-corrected chi connectivity index (χ4v) is 3.73. The molecule has 7 heteroatoms. The maximum atomic E-state index is 13.1. The molecule has 30 heavy (non-hydrogen) atoms. The van der Waals surface area contributed by atoms with Gasteiger partial charge in [0, 0.05) is 30.6 Å². The first-order chi connectivity index (χ1) is 14.5. The van der Waals surface area contributed by atoms with E-state index >= 15 is 0 Å². The van der Waals surface area contributed by atoms with Crippen molar-refractivity contribution < 1.29 is 23.8 Å². The number of hydrogen-bond donors (Lipinski definition) is 1. The van der Waals surface area contributed by atoms with Gasteiger partial charge in [0.05, 0.1) is 27.0 Å². The quantitative estimate of drug-likeness (QED) is 0.722. The number of piperidine rings is 1. The highest BCUT2D eigenvalue weighted by atomic mass is 16.5. The van der Waals surface area contributed by atoms with Gasteiger partial charge in [-0.15, -0.1) is 0 Å². The molecule has 0 aliphatic carbocycles. The van der Waals surface area contributed by atoms with E-state index in [0.29, 0.717) is 35.8 Å². The first-order valence-corrected chi connectivity index (χ1v) is 9.93. The number of amides is 2. The number of likely N-dealkylation sites (tertiary alicyclic amines) is 1. The predicted molar refractivity (Wildman–Crippen MR) is 115 cm³/mol. The van der Waals surface area contributed by atoms with Gasteiger partial charge in [0.2, 0.25) is 0 Å². The Morgan fingerprint density at radius 1 is 1.00 bits per heavy atom. The van der Waals surface area contributed by atoms with Crippen molar-refractivity contribution in [1.29, 1.82) is 0 Å². The van der Waals surface area contributed by atoms with Crippen molar-refractivity contribution in [1.82, 2.24) is 4.90 Å². The Kier molecular flexibility index (Phi) is 6.82. The summed E-state index contributed by atoms with van der Waals surface area (Å²) in [6, 6.07) is 10.4. The molecule has 3 rings (SSSR count). The van der Waals surface area contributed by atoms with E-state index in [1.165, 1.54) is 7.11 Å². The zero-order chi connectivity index (χ0) is 21.7. The summed E-state index contributed by atoms with van der Waals surface area (Å²) < 4.78 is 15.8. The summed E-state index contributed by atoms with van der Waals surface area (Å²) in [5.74, 6) is 1.72. The molecule has 0 aromatic heterocycles. The van der Waals surface area contributed by atoms with Gasteiger partial charge in [0.1, 0.15) is 17.2 Å². The SMILES string of the molecule is COc1ccc(C(=O)[C@H]2CCCN(C(=O)Nc3ccc(OC)cc3OC)C2)c(C)c1. The molecule has 0 spiro atoms. The Morgan fingerprint density at radius 3 is 2.37 bits per heavy atom. The molecule has 1 saturated heterocycles. The number of nitrogens with one attached hydrogen (secondary N) is 1. The lowest BCUT2D eigenvalue weighted by Gasteiger charge is -2.32. The zero-order valence-electron chi connectivity index (χ0n) is 17.9. The molecule has 160 valence electrons. The van der Waals surface area contributed by atoms with Gasteiger partial charge in [-0.25, -0.2) is 4.79 Å². The Bertz CT molecular complexity index is 928. The van der Waals surface area contributed by atoms with E-state index in [9.17, 15) is 9.59 Å². The van der Waals surface area contributed by atoms with Crippen molar-refractivity contribution in [2.24, 2.45) is 5.92 Å². The van der Waals surface area contributed by atoms with Crippen molar-refractivity contribution >= 4 is 17.5 Å². The summed E-state index contributed by atoms with van der Waals surface area (Å²) in [4.78, 5) is 27.6. The number of ether oxygens (including phenoxy) is 3. The van der Waals surface area contributed by atoms with Crippen molar-refractivity contribution in [3.63, 3.8) is 0 Å². The lowest BCUT2D eigenvalue weighted by molar-refractivity contribution is 0.0851. The predicted octanol–water partition coefficient (Wildman–Crippen LogP) is 4.15. The Labute approximate surface area is 176 Å². The molecular formula is C23H28N2O5. The number of methoxy groups -OCH3 is 3. The minimum absolute atomic E-state index is 0.0645. The van der Waals surface area contributed by atoms with E-state index in [0.717, 1.165) is 24.2 Å². The number of nitrogens with zero attached hydrogens (tertiary/aromatic N) is 1. The average Bonchev–Trinajstić information content (AvgIpc) is 2.78. The summed E-state index contributed by atoms with van der Waals surface area (Å²) in [5, 5.41) is 2.89. The topological polar surface area (TPSA) is 77.1 Å². The van der Waals surface area contributed by atoms with Crippen LogP contribution in [0.15, 0.2) is 36.4 Å².